The van der Waals surface area contributed by atoms with Crippen molar-refractivity contribution in [2.45, 2.75) is 13.3 Å². The van der Waals surface area contributed by atoms with Crippen molar-refractivity contribution >= 4 is 17.6 Å². The van der Waals surface area contributed by atoms with Gasteiger partial charge < -0.3 is 20.3 Å². The number of ether oxygens (including phenoxy) is 1. The molecule has 18 heavy (non-hydrogen) atoms. The number of hydrogen-bond donors (Lipinski definition) is 3. The lowest BCUT2D eigenvalue weighted by atomic mass is 10.2. The van der Waals surface area contributed by atoms with E-state index in [1.165, 1.54) is 12.1 Å². The van der Waals surface area contributed by atoms with Crippen LogP contribution < -0.4 is 5.32 Å². The summed E-state index contributed by atoms with van der Waals surface area (Å²) in [5.41, 5.74) is 0.109. The van der Waals surface area contributed by atoms with Gasteiger partial charge in [0.25, 0.3) is 0 Å². The molecule has 0 heterocycles. The number of hydrogen-bond acceptors (Lipinski definition) is 4. The van der Waals surface area contributed by atoms with E-state index >= 15 is 0 Å². The van der Waals surface area contributed by atoms with Crippen LogP contribution in [0.4, 0.5) is 5.69 Å². The van der Waals surface area contributed by atoms with E-state index in [0.29, 0.717) is 6.61 Å². The van der Waals surface area contributed by atoms with Crippen molar-refractivity contribution < 1.29 is 24.5 Å². The van der Waals surface area contributed by atoms with Gasteiger partial charge >= 0.3 is 5.97 Å². The maximum Gasteiger partial charge on any atom is 0.335 e. The molecule has 6 heteroatoms. The fourth-order valence-corrected chi connectivity index (χ4v) is 1.27. The predicted molar refractivity (Wildman–Crippen MR) is 64.8 cm³/mol. The lowest BCUT2D eigenvalue weighted by Gasteiger charge is -2.08. The number of anilines is 1. The summed E-state index contributed by atoms with van der Waals surface area (Å²) >= 11 is 0. The summed E-state index contributed by atoms with van der Waals surface area (Å²) in [6, 6.07) is 3.70. The van der Waals surface area contributed by atoms with E-state index in [1.54, 1.807) is 0 Å². The van der Waals surface area contributed by atoms with Crippen LogP contribution in [0.3, 0.4) is 0 Å². The minimum Gasteiger partial charge on any atom is -0.506 e. The first-order chi connectivity index (χ1) is 8.54. The molecule has 1 aromatic rings. The molecule has 98 valence electrons. The number of rotatable bonds is 6. The fraction of sp³-hybridized carbons (Fsp3) is 0.333. The van der Waals surface area contributed by atoms with Crippen molar-refractivity contribution in [2.75, 3.05) is 18.5 Å². The molecular formula is C12H15NO5. The Labute approximate surface area is 104 Å². The van der Waals surface area contributed by atoms with Crippen molar-refractivity contribution in [1.29, 1.82) is 0 Å². The number of phenolic OH excluding ortho intramolecular Hbond substituents is 1. The highest BCUT2D eigenvalue weighted by Crippen LogP contribution is 2.24. The lowest BCUT2D eigenvalue weighted by molar-refractivity contribution is -0.120. The zero-order valence-electron chi connectivity index (χ0n) is 9.97. The van der Waals surface area contributed by atoms with Gasteiger partial charge in [0.1, 0.15) is 12.4 Å². The SMILES string of the molecule is CCCOCC(=O)Nc1ccc(C(=O)O)cc1O. The molecule has 0 aromatic heterocycles. The van der Waals surface area contributed by atoms with Crippen molar-refractivity contribution in [3.63, 3.8) is 0 Å². The van der Waals surface area contributed by atoms with Crippen LogP contribution in [0.2, 0.25) is 0 Å². The van der Waals surface area contributed by atoms with Gasteiger partial charge in [0.15, 0.2) is 0 Å². The van der Waals surface area contributed by atoms with Gasteiger partial charge in [-0.2, -0.15) is 0 Å². The molecule has 0 atom stereocenters. The van der Waals surface area contributed by atoms with Gasteiger partial charge in [-0.3, -0.25) is 4.79 Å². The van der Waals surface area contributed by atoms with Gasteiger partial charge in [0.05, 0.1) is 11.3 Å². The third-order valence-electron chi connectivity index (χ3n) is 2.10. The molecule has 0 spiro atoms. The molecule has 0 bridgehead atoms. The highest BCUT2D eigenvalue weighted by atomic mass is 16.5. The number of carboxylic acids is 1. The van der Waals surface area contributed by atoms with E-state index in [-0.39, 0.29) is 23.6 Å². The molecule has 0 aliphatic heterocycles. The molecule has 6 nitrogen and oxygen atoms in total. The van der Waals surface area contributed by atoms with Gasteiger partial charge in [-0.25, -0.2) is 4.79 Å². The number of benzene rings is 1. The Kier molecular flexibility index (Phi) is 5.13. The van der Waals surface area contributed by atoms with Crippen LogP contribution in [0.1, 0.15) is 23.7 Å². The molecule has 0 radical (unpaired) electrons. The number of aromatic hydroxyl groups is 1. The molecular weight excluding hydrogens is 238 g/mol. The van der Waals surface area contributed by atoms with Crippen molar-refractivity contribution in [3.05, 3.63) is 23.8 Å². The average Bonchev–Trinajstić information content (AvgIpc) is 2.32. The molecule has 0 unspecified atom stereocenters. The number of nitrogens with one attached hydrogen (secondary N) is 1. The molecule has 0 saturated carbocycles. The Morgan fingerprint density at radius 3 is 2.67 bits per heavy atom. The molecule has 1 amide bonds. The van der Waals surface area contributed by atoms with Crippen molar-refractivity contribution in [2.24, 2.45) is 0 Å². The van der Waals surface area contributed by atoms with Crippen LogP contribution >= 0.6 is 0 Å². The first kappa shape index (κ1) is 14.0. The van der Waals surface area contributed by atoms with Crippen LogP contribution in [0.15, 0.2) is 18.2 Å². The fourth-order valence-electron chi connectivity index (χ4n) is 1.27. The molecule has 0 fully saturated rings. The Balaban J connectivity index is 2.62. The van der Waals surface area contributed by atoms with E-state index in [0.717, 1.165) is 12.5 Å². The highest BCUT2D eigenvalue weighted by Gasteiger charge is 2.10. The Hall–Kier alpha value is -2.08. The Morgan fingerprint density at radius 2 is 2.11 bits per heavy atom. The smallest absolute Gasteiger partial charge is 0.335 e. The topological polar surface area (TPSA) is 95.9 Å². The van der Waals surface area contributed by atoms with Gasteiger partial charge in [-0.15, -0.1) is 0 Å². The van der Waals surface area contributed by atoms with E-state index in [9.17, 15) is 14.7 Å². The molecule has 1 aromatic carbocycles. The Morgan fingerprint density at radius 1 is 1.39 bits per heavy atom. The monoisotopic (exact) mass is 253 g/mol. The average molecular weight is 253 g/mol. The van der Waals surface area contributed by atoms with Crippen LogP contribution in [0.5, 0.6) is 5.75 Å². The second-order valence-electron chi connectivity index (χ2n) is 3.64. The minimum atomic E-state index is -1.14. The molecule has 0 saturated heterocycles. The summed E-state index contributed by atoms with van der Waals surface area (Å²) in [5, 5.41) is 20.7. The predicted octanol–water partition coefficient (Wildman–Crippen LogP) is 1.46. The number of carbonyl (C=O) groups is 2. The number of aromatic carboxylic acids is 1. The van der Waals surface area contributed by atoms with E-state index < -0.39 is 11.9 Å². The standard InChI is InChI=1S/C12H15NO5/c1-2-5-18-7-11(15)13-9-4-3-8(12(16)17)6-10(9)14/h3-4,6,14H,2,5,7H2,1H3,(H,13,15)(H,16,17). The summed E-state index contributed by atoms with van der Waals surface area (Å²) in [6.45, 7) is 2.31. The molecule has 0 aliphatic rings. The third kappa shape index (κ3) is 4.06. The maximum atomic E-state index is 11.4. The number of phenols is 1. The van der Waals surface area contributed by atoms with Crippen LogP contribution in [0.25, 0.3) is 0 Å². The van der Waals surface area contributed by atoms with Crippen LogP contribution in [-0.4, -0.2) is 35.3 Å². The second-order valence-corrected chi connectivity index (χ2v) is 3.64. The molecule has 3 N–H and O–H groups in total. The molecule has 0 aliphatic carbocycles. The molecule has 1 rings (SSSR count). The minimum absolute atomic E-state index is 0.0484. The van der Waals surface area contributed by atoms with E-state index in [1.807, 2.05) is 6.92 Å². The van der Waals surface area contributed by atoms with Crippen LogP contribution in [0, 0.1) is 0 Å². The maximum absolute atomic E-state index is 11.4. The van der Waals surface area contributed by atoms with Gasteiger partial charge in [-0.05, 0) is 24.6 Å². The van der Waals surface area contributed by atoms with E-state index in [2.05, 4.69) is 5.32 Å². The van der Waals surface area contributed by atoms with Gasteiger partial charge in [-0.1, -0.05) is 6.92 Å². The largest absolute Gasteiger partial charge is 0.506 e. The second kappa shape index (κ2) is 6.61. The number of carbonyl (C=O) groups excluding carboxylic acids is 1. The van der Waals surface area contributed by atoms with Crippen molar-refractivity contribution in [1.82, 2.24) is 0 Å². The normalized spacial score (nSPS) is 10.1. The summed E-state index contributed by atoms with van der Waals surface area (Å²) in [5.74, 6) is -1.84. The third-order valence-corrected chi connectivity index (χ3v) is 2.10. The van der Waals surface area contributed by atoms with Crippen molar-refractivity contribution in [3.8, 4) is 5.75 Å². The van der Waals surface area contributed by atoms with Gasteiger partial charge in [0.2, 0.25) is 5.91 Å². The zero-order valence-corrected chi connectivity index (χ0v) is 9.97. The zero-order chi connectivity index (χ0) is 13.5. The van der Waals surface area contributed by atoms with E-state index in [4.69, 9.17) is 9.84 Å². The quantitative estimate of drug-likeness (QED) is 0.527. The van der Waals surface area contributed by atoms with Crippen LogP contribution in [-0.2, 0) is 9.53 Å². The first-order valence-electron chi connectivity index (χ1n) is 5.48. The summed E-state index contributed by atoms with van der Waals surface area (Å²) in [4.78, 5) is 22.0. The number of amides is 1. The van der Waals surface area contributed by atoms with Gasteiger partial charge in [0, 0.05) is 6.61 Å². The summed E-state index contributed by atoms with van der Waals surface area (Å²) in [6.07, 6.45) is 0.811. The summed E-state index contributed by atoms with van der Waals surface area (Å²) < 4.78 is 5.03. The Bertz CT molecular complexity index is 444. The lowest BCUT2D eigenvalue weighted by Crippen LogP contribution is -2.18. The first-order valence-corrected chi connectivity index (χ1v) is 5.48. The summed E-state index contributed by atoms with van der Waals surface area (Å²) in [7, 11) is 0. The number of carboxylic acid groups (broad SMARTS) is 1. The highest BCUT2D eigenvalue weighted by molar-refractivity contribution is 5.95.